The third-order valence-corrected chi connectivity index (χ3v) is 3.27. The molecule has 3 aromatic rings. The van der Waals surface area contributed by atoms with Gasteiger partial charge in [-0.15, -0.1) is 0 Å². The highest BCUT2D eigenvalue weighted by Crippen LogP contribution is 2.17. The summed E-state index contributed by atoms with van der Waals surface area (Å²) in [6.45, 7) is 5.08. The Morgan fingerprint density at radius 2 is 1.83 bits per heavy atom. The van der Waals surface area contributed by atoms with Gasteiger partial charge in [-0.05, 0) is 31.5 Å². The number of imidazole rings is 1. The van der Waals surface area contributed by atoms with E-state index in [1.807, 2.05) is 6.07 Å². The third kappa shape index (κ3) is 1.90. The van der Waals surface area contributed by atoms with Crippen LogP contribution < -0.4 is 0 Å². The van der Waals surface area contributed by atoms with E-state index in [4.69, 9.17) is 0 Å². The minimum atomic E-state index is 0.883. The predicted octanol–water partition coefficient (Wildman–Crippen LogP) is 3.70. The lowest BCUT2D eigenvalue weighted by Gasteiger charge is -2.07. The topological polar surface area (TPSA) is 17.8 Å². The molecule has 1 heterocycles. The van der Waals surface area contributed by atoms with Crippen molar-refractivity contribution in [2.75, 3.05) is 0 Å². The molecule has 0 aliphatic rings. The van der Waals surface area contributed by atoms with Crippen LogP contribution in [0.1, 0.15) is 17.0 Å². The van der Waals surface area contributed by atoms with Gasteiger partial charge in [-0.2, -0.15) is 0 Å². The number of hydrogen-bond acceptors (Lipinski definition) is 1. The summed E-state index contributed by atoms with van der Waals surface area (Å²) in [6, 6.07) is 16.9. The van der Waals surface area contributed by atoms with Crippen LogP contribution in [0.5, 0.6) is 0 Å². The van der Waals surface area contributed by atoms with Gasteiger partial charge in [0, 0.05) is 6.54 Å². The molecule has 2 aromatic carbocycles. The molecule has 0 N–H and O–H groups in total. The summed E-state index contributed by atoms with van der Waals surface area (Å²) in [4.78, 5) is 4.59. The molecule has 0 saturated heterocycles. The largest absolute Gasteiger partial charge is 0.324 e. The lowest BCUT2D eigenvalue weighted by atomic mass is 10.1. The molecule has 0 saturated carbocycles. The summed E-state index contributed by atoms with van der Waals surface area (Å²) in [5.41, 5.74) is 4.90. The molecule has 0 amide bonds. The van der Waals surface area contributed by atoms with Gasteiger partial charge in [0.15, 0.2) is 0 Å². The van der Waals surface area contributed by atoms with E-state index in [9.17, 15) is 0 Å². The van der Waals surface area contributed by atoms with Crippen LogP contribution in [0, 0.1) is 13.8 Å². The molecular formula is C16H16N2. The van der Waals surface area contributed by atoms with Gasteiger partial charge < -0.3 is 4.57 Å². The second-order valence-electron chi connectivity index (χ2n) is 4.72. The average molecular weight is 236 g/mol. The van der Waals surface area contributed by atoms with E-state index in [0.29, 0.717) is 0 Å². The first-order valence-corrected chi connectivity index (χ1v) is 6.21. The molecule has 0 bridgehead atoms. The monoisotopic (exact) mass is 236 g/mol. The fraction of sp³-hybridized carbons (Fsp3) is 0.188. The number of aromatic nitrogens is 2. The van der Waals surface area contributed by atoms with E-state index in [2.05, 4.69) is 65.9 Å². The summed E-state index contributed by atoms with van der Waals surface area (Å²) < 4.78 is 2.27. The average Bonchev–Trinajstić information content (AvgIpc) is 2.66. The number of nitrogens with zero attached hydrogens (tertiary/aromatic N) is 2. The Labute approximate surface area is 107 Å². The van der Waals surface area contributed by atoms with Crippen LogP contribution in [0.2, 0.25) is 0 Å². The van der Waals surface area contributed by atoms with Crippen molar-refractivity contribution in [2.24, 2.45) is 0 Å². The zero-order valence-corrected chi connectivity index (χ0v) is 10.7. The predicted molar refractivity (Wildman–Crippen MR) is 74.8 cm³/mol. The van der Waals surface area contributed by atoms with Crippen molar-refractivity contribution in [3.8, 4) is 0 Å². The zero-order valence-electron chi connectivity index (χ0n) is 10.7. The Balaban J connectivity index is 2.07. The van der Waals surface area contributed by atoms with Crippen LogP contribution in [0.15, 0.2) is 48.5 Å². The zero-order chi connectivity index (χ0) is 12.5. The van der Waals surface area contributed by atoms with Gasteiger partial charge in [0.05, 0.1) is 11.0 Å². The van der Waals surface area contributed by atoms with Gasteiger partial charge in [-0.3, -0.25) is 0 Å². The quantitative estimate of drug-likeness (QED) is 0.663. The number of hydrogen-bond donors (Lipinski definition) is 0. The number of rotatable bonds is 2. The molecule has 18 heavy (non-hydrogen) atoms. The molecule has 3 rings (SSSR count). The summed E-state index contributed by atoms with van der Waals surface area (Å²) in [5, 5.41) is 0. The molecule has 0 aliphatic carbocycles. The fourth-order valence-electron chi connectivity index (χ4n) is 2.39. The van der Waals surface area contributed by atoms with Crippen molar-refractivity contribution in [1.29, 1.82) is 0 Å². The Morgan fingerprint density at radius 1 is 1.00 bits per heavy atom. The molecule has 0 spiro atoms. The molecule has 0 radical (unpaired) electrons. The Morgan fingerprint density at radius 3 is 2.67 bits per heavy atom. The van der Waals surface area contributed by atoms with Crippen LogP contribution in [0.25, 0.3) is 11.0 Å². The molecular weight excluding hydrogens is 220 g/mol. The van der Waals surface area contributed by atoms with E-state index in [1.54, 1.807) is 0 Å². The van der Waals surface area contributed by atoms with Gasteiger partial charge in [0.25, 0.3) is 0 Å². The Kier molecular flexibility index (Phi) is 2.63. The van der Waals surface area contributed by atoms with E-state index in [1.165, 1.54) is 16.6 Å². The number of para-hydroxylation sites is 2. The number of aryl methyl sites for hydroxylation is 2. The first-order valence-electron chi connectivity index (χ1n) is 6.21. The van der Waals surface area contributed by atoms with Crippen LogP contribution in [0.3, 0.4) is 0 Å². The second-order valence-corrected chi connectivity index (χ2v) is 4.72. The number of benzene rings is 2. The molecule has 0 aliphatic heterocycles. The summed E-state index contributed by atoms with van der Waals surface area (Å²) >= 11 is 0. The van der Waals surface area contributed by atoms with Crippen molar-refractivity contribution in [3.63, 3.8) is 0 Å². The van der Waals surface area contributed by atoms with Gasteiger partial charge in [-0.1, -0.05) is 42.0 Å². The van der Waals surface area contributed by atoms with Gasteiger partial charge >= 0.3 is 0 Å². The maximum atomic E-state index is 4.59. The van der Waals surface area contributed by atoms with Crippen LogP contribution in [-0.2, 0) is 6.54 Å². The summed E-state index contributed by atoms with van der Waals surface area (Å²) in [7, 11) is 0. The lowest BCUT2D eigenvalue weighted by molar-refractivity contribution is 0.785. The fourth-order valence-corrected chi connectivity index (χ4v) is 2.39. The van der Waals surface area contributed by atoms with Crippen molar-refractivity contribution < 1.29 is 0 Å². The maximum Gasteiger partial charge on any atom is 0.107 e. The number of fused-ring (bicyclic) bond motifs is 1. The van der Waals surface area contributed by atoms with E-state index < -0.39 is 0 Å². The van der Waals surface area contributed by atoms with E-state index in [0.717, 1.165) is 17.9 Å². The Hall–Kier alpha value is -2.09. The van der Waals surface area contributed by atoms with Gasteiger partial charge in [0.2, 0.25) is 0 Å². The van der Waals surface area contributed by atoms with Crippen LogP contribution >= 0.6 is 0 Å². The van der Waals surface area contributed by atoms with E-state index in [-0.39, 0.29) is 0 Å². The minimum absolute atomic E-state index is 0.883. The molecule has 0 atom stereocenters. The summed E-state index contributed by atoms with van der Waals surface area (Å²) in [5.74, 6) is 1.07. The van der Waals surface area contributed by atoms with Crippen molar-refractivity contribution in [1.82, 2.24) is 9.55 Å². The van der Waals surface area contributed by atoms with Gasteiger partial charge in [0.1, 0.15) is 5.82 Å². The Bertz CT molecular complexity index is 695. The normalized spacial score (nSPS) is 11.0. The standard InChI is InChI=1S/C16H16N2/c1-12-6-5-7-14(10-12)11-18-13(2)17-15-8-3-4-9-16(15)18/h3-10H,11H2,1-2H3. The first kappa shape index (κ1) is 11.0. The summed E-state index contributed by atoms with van der Waals surface area (Å²) in [6.07, 6.45) is 0. The van der Waals surface area contributed by atoms with Crippen LogP contribution in [0.4, 0.5) is 0 Å². The van der Waals surface area contributed by atoms with Crippen molar-refractivity contribution in [3.05, 3.63) is 65.5 Å². The first-order chi connectivity index (χ1) is 8.74. The van der Waals surface area contributed by atoms with E-state index >= 15 is 0 Å². The lowest BCUT2D eigenvalue weighted by Crippen LogP contribution is -2.02. The minimum Gasteiger partial charge on any atom is -0.324 e. The van der Waals surface area contributed by atoms with Crippen LogP contribution in [-0.4, -0.2) is 9.55 Å². The molecule has 0 unspecified atom stereocenters. The molecule has 2 nitrogen and oxygen atoms in total. The highest BCUT2D eigenvalue weighted by Gasteiger charge is 2.06. The highest BCUT2D eigenvalue weighted by molar-refractivity contribution is 5.75. The van der Waals surface area contributed by atoms with Gasteiger partial charge in [-0.25, -0.2) is 4.98 Å². The smallest absolute Gasteiger partial charge is 0.107 e. The molecule has 90 valence electrons. The van der Waals surface area contributed by atoms with Crippen molar-refractivity contribution in [2.45, 2.75) is 20.4 Å². The highest BCUT2D eigenvalue weighted by atomic mass is 15.1. The molecule has 1 aromatic heterocycles. The SMILES string of the molecule is Cc1cccc(Cn2c(C)nc3ccccc32)c1. The third-order valence-electron chi connectivity index (χ3n) is 3.27. The molecule has 2 heteroatoms. The maximum absolute atomic E-state index is 4.59. The molecule has 0 fully saturated rings. The second kappa shape index (κ2) is 4.30. The van der Waals surface area contributed by atoms with Crippen molar-refractivity contribution >= 4 is 11.0 Å².